The van der Waals surface area contributed by atoms with E-state index in [1.807, 2.05) is 43.3 Å². The van der Waals surface area contributed by atoms with E-state index in [1.165, 1.54) is 0 Å². The summed E-state index contributed by atoms with van der Waals surface area (Å²) in [6.45, 7) is 6.74. The Labute approximate surface area is 180 Å². The molecule has 156 valence electrons. The van der Waals surface area contributed by atoms with Crippen molar-refractivity contribution in [2.45, 2.75) is 13.5 Å². The summed E-state index contributed by atoms with van der Waals surface area (Å²) in [6, 6.07) is 11.7. The summed E-state index contributed by atoms with van der Waals surface area (Å²) in [7, 11) is 3.36. The first-order valence-electron chi connectivity index (χ1n) is 9.70. The number of amides is 1. The molecule has 0 aliphatic carbocycles. The van der Waals surface area contributed by atoms with E-state index in [-0.39, 0.29) is 5.91 Å². The van der Waals surface area contributed by atoms with E-state index in [9.17, 15) is 4.79 Å². The Kier molecular flexibility index (Phi) is 7.52. The van der Waals surface area contributed by atoms with Crippen LogP contribution in [0.3, 0.4) is 0 Å². The molecule has 1 aliphatic heterocycles. The topological polar surface area (TPSA) is 54.0 Å². The molecule has 3 rings (SSSR count). The Morgan fingerprint density at radius 2 is 1.76 bits per heavy atom. The van der Waals surface area contributed by atoms with Gasteiger partial charge in [0.1, 0.15) is 11.5 Å². The molecule has 2 aromatic carbocycles. The van der Waals surface area contributed by atoms with Crippen molar-refractivity contribution in [2.75, 3.05) is 52.3 Å². The Morgan fingerprint density at radius 3 is 2.41 bits per heavy atom. The Hall–Kier alpha value is -2.09. The van der Waals surface area contributed by atoms with E-state index in [4.69, 9.17) is 9.47 Å². The van der Waals surface area contributed by atoms with Crippen LogP contribution in [0.2, 0.25) is 0 Å². The fourth-order valence-electron chi connectivity index (χ4n) is 3.51. The molecule has 0 bridgehead atoms. The summed E-state index contributed by atoms with van der Waals surface area (Å²) in [5.74, 6) is 1.73. The molecule has 0 unspecified atom stereocenters. The van der Waals surface area contributed by atoms with E-state index in [1.54, 1.807) is 14.2 Å². The van der Waals surface area contributed by atoms with Crippen LogP contribution in [0, 0.1) is 6.92 Å². The van der Waals surface area contributed by atoms with E-state index in [2.05, 4.69) is 31.0 Å². The van der Waals surface area contributed by atoms with E-state index in [0.717, 1.165) is 65.5 Å². The minimum Gasteiger partial charge on any atom is -0.497 e. The number of hydrogen-bond acceptors (Lipinski definition) is 5. The highest BCUT2D eigenvalue weighted by Crippen LogP contribution is 2.25. The largest absolute Gasteiger partial charge is 0.497 e. The number of halogens is 1. The van der Waals surface area contributed by atoms with Crippen molar-refractivity contribution in [1.29, 1.82) is 0 Å². The Morgan fingerprint density at radius 1 is 1.03 bits per heavy atom. The maximum Gasteiger partial charge on any atom is 0.238 e. The molecule has 0 saturated carbocycles. The molecule has 0 spiro atoms. The van der Waals surface area contributed by atoms with Gasteiger partial charge < -0.3 is 14.8 Å². The Bertz CT molecular complexity index is 851. The van der Waals surface area contributed by atoms with Crippen LogP contribution in [-0.4, -0.2) is 62.7 Å². The third-order valence-corrected chi connectivity index (χ3v) is 5.67. The minimum atomic E-state index is 0.0262. The van der Waals surface area contributed by atoms with Crippen molar-refractivity contribution >= 4 is 27.5 Å². The lowest BCUT2D eigenvalue weighted by Gasteiger charge is -2.34. The van der Waals surface area contributed by atoms with Crippen LogP contribution in [0.5, 0.6) is 11.5 Å². The van der Waals surface area contributed by atoms with Crippen LogP contribution in [0.4, 0.5) is 5.69 Å². The highest BCUT2D eigenvalue weighted by molar-refractivity contribution is 9.10. The lowest BCUT2D eigenvalue weighted by molar-refractivity contribution is -0.117. The number of nitrogens with zero attached hydrogens (tertiary/aromatic N) is 2. The number of nitrogens with one attached hydrogen (secondary N) is 1. The van der Waals surface area contributed by atoms with Crippen molar-refractivity contribution in [1.82, 2.24) is 9.80 Å². The lowest BCUT2D eigenvalue weighted by Crippen LogP contribution is -2.48. The summed E-state index contributed by atoms with van der Waals surface area (Å²) >= 11 is 3.45. The molecule has 1 aliphatic rings. The van der Waals surface area contributed by atoms with Gasteiger partial charge in [-0.2, -0.15) is 0 Å². The van der Waals surface area contributed by atoms with Gasteiger partial charge in [-0.3, -0.25) is 14.6 Å². The van der Waals surface area contributed by atoms with Gasteiger partial charge >= 0.3 is 0 Å². The van der Waals surface area contributed by atoms with Gasteiger partial charge in [-0.25, -0.2) is 0 Å². The molecule has 0 atom stereocenters. The molecular weight excluding hydrogens is 434 g/mol. The predicted molar refractivity (Wildman–Crippen MR) is 119 cm³/mol. The quantitative estimate of drug-likeness (QED) is 0.683. The molecule has 0 radical (unpaired) electrons. The molecule has 1 heterocycles. The van der Waals surface area contributed by atoms with E-state index in [0.29, 0.717) is 6.54 Å². The van der Waals surface area contributed by atoms with Crippen molar-refractivity contribution in [3.63, 3.8) is 0 Å². The second-order valence-electron chi connectivity index (χ2n) is 7.24. The van der Waals surface area contributed by atoms with Crippen LogP contribution in [0.25, 0.3) is 0 Å². The maximum absolute atomic E-state index is 12.4. The highest BCUT2D eigenvalue weighted by atomic mass is 79.9. The molecule has 0 aromatic heterocycles. The normalized spacial score (nSPS) is 15.2. The van der Waals surface area contributed by atoms with Gasteiger partial charge in [0.25, 0.3) is 0 Å². The fourth-order valence-corrected chi connectivity index (χ4v) is 3.99. The van der Waals surface area contributed by atoms with Crippen molar-refractivity contribution in [3.05, 3.63) is 52.0 Å². The fraction of sp³-hybridized carbons (Fsp3) is 0.409. The van der Waals surface area contributed by atoms with Gasteiger partial charge in [0.15, 0.2) is 0 Å². The minimum absolute atomic E-state index is 0.0262. The first-order valence-corrected chi connectivity index (χ1v) is 10.5. The van der Waals surface area contributed by atoms with E-state index >= 15 is 0 Å². The van der Waals surface area contributed by atoms with Gasteiger partial charge in [0.2, 0.25) is 5.91 Å². The third-order valence-electron chi connectivity index (χ3n) is 5.18. The number of methoxy groups -OCH3 is 2. The summed E-state index contributed by atoms with van der Waals surface area (Å²) in [5, 5.41) is 3.02. The Balaban J connectivity index is 1.50. The van der Waals surface area contributed by atoms with Gasteiger partial charge in [0.05, 0.1) is 20.8 Å². The number of piperazine rings is 1. The smallest absolute Gasteiger partial charge is 0.238 e. The van der Waals surface area contributed by atoms with Crippen LogP contribution >= 0.6 is 15.9 Å². The monoisotopic (exact) mass is 461 g/mol. The zero-order valence-electron chi connectivity index (χ0n) is 17.2. The average Bonchev–Trinajstić information content (AvgIpc) is 2.71. The second-order valence-corrected chi connectivity index (χ2v) is 8.15. The average molecular weight is 462 g/mol. The number of carbonyl (C=O) groups excluding carboxylic acids is 1. The van der Waals surface area contributed by atoms with Crippen molar-refractivity contribution in [3.8, 4) is 11.5 Å². The van der Waals surface area contributed by atoms with E-state index < -0.39 is 0 Å². The number of ether oxygens (including phenoxy) is 2. The third kappa shape index (κ3) is 5.95. The molecule has 1 N–H and O–H groups in total. The number of anilines is 1. The summed E-state index contributed by atoms with van der Waals surface area (Å²) in [5.41, 5.74) is 3.02. The first-order chi connectivity index (χ1) is 14.0. The first kappa shape index (κ1) is 21.6. The number of hydrogen-bond donors (Lipinski definition) is 1. The molecule has 6 nitrogen and oxygen atoms in total. The zero-order valence-corrected chi connectivity index (χ0v) is 18.8. The number of carbonyl (C=O) groups is 1. The number of rotatable bonds is 7. The van der Waals surface area contributed by atoms with Crippen molar-refractivity contribution < 1.29 is 14.3 Å². The zero-order chi connectivity index (χ0) is 20.8. The molecule has 1 saturated heterocycles. The van der Waals surface area contributed by atoms with Crippen LogP contribution in [0.15, 0.2) is 40.9 Å². The van der Waals surface area contributed by atoms with Gasteiger partial charge in [-0.1, -0.05) is 15.9 Å². The molecule has 29 heavy (non-hydrogen) atoms. The summed E-state index contributed by atoms with van der Waals surface area (Å²) < 4.78 is 11.8. The number of benzene rings is 2. The van der Waals surface area contributed by atoms with Crippen LogP contribution < -0.4 is 14.8 Å². The van der Waals surface area contributed by atoms with Gasteiger partial charge in [0, 0.05) is 48.4 Å². The van der Waals surface area contributed by atoms with Gasteiger partial charge in [-0.05, 0) is 48.9 Å². The van der Waals surface area contributed by atoms with Crippen LogP contribution in [0.1, 0.15) is 11.1 Å². The maximum atomic E-state index is 12.4. The molecular formula is C22H28BrN3O3. The molecule has 7 heteroatoms. The molecule has 1 amide bonds. The van der Waals surface area contributed by atoms with Gasteiger partial charge in [-0.15, -0.1) is 0 Å². The summed E-state index contributed by atoms with van der Waals surface area (Å²) in [4.78, 5) is 17.0. The second kappa shape index (κ2) is 10.1. The standard InChI is InChI=1S/C22H28BrN3O3/c1-16-12-18(23)4-6-20(16)24-22(27)15-26-10-8-25(9-11-26)14-17-13-19(28-2)5-7-21(17)29-3/h4-7,12-13H,8-11,14-15H2,1-3H3,(H,24,27). The molecule has 2 aromatic rings. The predicted octanol–water partition coefficient (Wildman–Crippen LogP) is 3.53. The SMILES string of the molecule is COc1ccc(OC)c(CN2CCN(CC(=O)Nc3ccc(Br)cc3C)CC2)c1. The number of aryl methyl sites for hydroxylation is 1. The van der Waals surface area contributed by atoms with Crippen molar-refractivity contribution in [2.24, 2.45) is 0 Å². The molecule has 1 fully saturated rings. The highest BCUT2D eigenvalue weighted by Gasteiger charge is 2.20. The lowest BCUT2D eigenvalue weighted by atomic mass is 10.1. The summed E-state index contributed by atoms with van der Waals surface area (Å²) in [6.07, 6.45) is 0. The van der Waals surface area contributed by atoms with Crippen LogP contribution in [-0.2, 0) is 11.3 Å².